The number of nitrogens with one attached hydrogen (secondary N) is 1. The van der Waals surface area contributed by atoms with Crippen molar-refractivity contribution < 1.29 is 9.90 Å². The lowest BCUT2D eigenvalue weighted by Gasteiger charge is -2.32. The number of nitrogens with zero attached hydrogens (tertiary/aromatic N) is 1. The zero-order chi connectivity index (χ0) is 15.7. The number of benzene rings is 1. The van der Waals surface area contributed by atoms with Gasteiger partial charge in [-0.05, 0) is 42.7 Å². The second-order valence-electron chi connectivity index (χ2n) is 7.12. The molecule has 2 aliphatic rings. The molecule has 0 radical (unpaired) electrons. The van der Waals surface area contributed by atoms with E-state index >= 15 is 0 Å². The zero-order valence-electron chi connectivity index (χ0n) is 13.5. The summed E-state index contributed by atoms with van der Waals surface area (Å²) < 4.78 is 0. The van der Waals surface area contributed by atoms with Crippen LogP contribution in [0.25, 0.3) is 0 Å². The summed E-state index contributed by atoms with van der Waals surface area (Å²) in [6.07, 6.45) is 4.13. The smallest absolute Gasteiger partial charge is 0.317 e. The maximum Gasteiger partial charge on any atom is 0.317 e. The van der Waals surface area contributed by atoms with Gasteiger partial charge in [-0.25, -0.2) is 4.79 Å². The first-order chi connectivity index (χ1) is 10.5. The fourth-order valence-corrected chi connectivity index (χ4v) is 3.53. The van der Waals surface area contributed by atoms with E-state index < -0.39 is 0 Å². The van der Waals surface area contributed by atoms with Gasteiger partial charge in [0.15, 0.2) is 0 Å². The van der Waals surface area contributed by atoms with E-state index in [2.05, 4.69) is 30.4 Å². The average molecular weight is 302 g/mol. The van der Waals surface area contributed by atoms with Crippen molar-refractivity contribution in [3.63, 3.8) is 0 Å². The Balaban J connectivity index is 1.66. The zero-order valence-corrected chi connectivity index (χ0v) is 13.5. The molecule has 120 valence electrons. The van der Waals surface area contributed by atoms with Crippen LogP contribution in [-0.2, 0) is 0 Å². The topological polar surface area (TPSA) is 52.6 Å². The van der Waals surface area contributed by atoms with Crippen molar-refractivity contribution >= 4 is 6.03 Å². The van der Waals surface area contributed by atoms with E-state index in [-0.39, 0.29) is 24.1 Å². The predicted octanol–water partition coefficient (Wildman–Crippen LogP) is 3.04. The first-order valence-electron chi connectivity index (χ1n) is 8.26. The van der Waals surface area contributed by atoms with Gasteiger partial charge >= 0.3 is 6.03 Å². The first-order valence-corrected chi connectivity index (χ1v) is 8.26. The number of carbonyl (C=O) groups excluding carboxylic acids is 1. The van der Waals surface area contributed by atoms with E-state index in [1.54, 1.807) is 4.90 Å². The fourth-order valence-electron chi connectivity index (χ4n) is 3.53. The molecule has 1 saturated carbocycles. The lowest BCUT2D eigenvalue weighted by atomic mass is 9.81. The van der Waals surface area contributed by atoms with E-state index in [1.807, 2.05) is 13.1 Å². The summed E-state index contributed by atoms with van der Waals surface area (Å²) in [5.74, 6) is 0.561. The number of aliphatic hydroxyl groups excluding tert-OH is 1. The van der Waals surface area contributed by atoms with Crippen molar-refractivity contribution in [2.75, 3.05) is 20.2 Å². The number of hydrogen-bond acceptors (Lipinski definition) is 2. The van der Waals surface area contributed by atoms with Gasteiger partial charge in [0.25, 0.3) is 0 Å². The second-order valence-corrected chi connectivity index (χ2v) is 7.12. The third-order valence-corrected chi connectivity index (χ3v) is 5.30. The van der Waals surface area contributed by atoms with E-state index in [0.29, 0.717) is 12.5 Å². The normalized spacial score (nSPS) is 25.2. The molecule has 0 spiro atoms. The summed E-state index contributed by atoms with van der Waals surface area (Å²) >= 11 is 0. The molecular weight excluding hydrogens is 276 g/mol. The van der Waals surface area contributed by atoms with Crippen LogP contribution in [0.1, 0.15) is 55.7 Å². The van der Waals surface area contributed by atoms with Crippen molar-refractivity contribution in [1.29, 1.82) is 0 Å². The molecule has 4 nitrogen and oxygen atoms in total. The van der Waals surface area contributed by atoms with Crippen molar-refractivity contribution in [3.8, 4) is 0 Å². The monoisotopic (exact) mass is 302 g/mol. The molecule has 2 atom stereocenters. The highest BCUT2D eigenvalue weighted by Gasteiger charge is 2.43. The van der Waals surface area contributed by atoms with Gasteiger partial charge in [0.05, 0.1) is 12.6 Å². The van der Waals surface area contributed by atoms with Crippen molar-refractivity contribution in [1.82, 2.24) is 10.2 Å². The molecule has 1 aromatic rings. The lowest BCUT2D eigenvalue weighted by Crippen LogP contribution is -2.43. The highest BCUT2D eigenvalue weighted by molar-refractivity contribution is 5.74. The Morgan fingerprint density at radius 1 is 1.32 bits per heavy atom. The SMILES string of the molecule is C[C@@H]1CC[C@H](NC(=O)N(C)CC2(CO)CC2)c2ccccc21. The number of amides is 2. The minimum atomic E-state index is -0.0366. The minimum absolute atomic E-state index is 0.0333. The number of aliphatic hydroxyl groups is 1. The van der Waals surface area contributed by atoms with Crippen LogP contribution < -0.4 is 5.32 Å². The quantitative estimate of drug-likeness (QED) is 0.898. The molecule has 3 rings (SSSR count). The number of fused-ring (bicyclic) bond motifs is 1. The van der Waals surface area contributed by atoms with E-state index in [0.717, 1.165) is 25.7 Å². The molecule has 0 saturated heterocycles. The third kappa shape index (κ3) is 2.98. The maximum absolute atomic E-state index is 12.5. The number of urea groups is 1. The summed E-state index contributed by atoms with van der Waals surface area (Å²) in [5.41, 5.74) is 2.58. The van der Waals surface area contributed by atoms with Crippen LogP contribution in [0.4, 0.5) is 4.79 Å². The largest absolute Gasteiger partial charge is 0.396 e. The van der Waals surface area contributed by atoms with Crippen molar-refractivity contribution in [2.24, 2.45) is 5.41 Å². The first kappa shape index (κ1) is 15.3. The van der Waals surface area contributed by atoms with Crippen molar-refractivity contribution in [3.05, 3.63) is 35.4 Å². The van der Waals surface area contributed by atoms with Gasteiger partial charge in [-0.15, -0.1) is 0 Å². The molecule has 1 fully saturated rings. The minimum Gasteiger partial charge on any atom is -0.396 e. The highest BCUT2D eigenvalue weighted by Crippen LogP contribution is 2.45. The van der Waals surface area contributed by atoms with Crippen LogP contribution in [-0.4, -0.2) is 36.2 Å². The molecule has 0 bridgehead atoms. The summed E-state index contributed by atoms with van der Waals surface area (Å²) in [6, 6.07) is 8.49. The van der Waals surface area contributed by atoms with Gasteiger partial charge in [-0.1, -0.05) is 31.2 Å². The fraction of sp³-hybridized carbons (Fsp3) is 0.611. The Kier molecular flexibility index (Phi) is 4.13. The molecule has 0 aliphatic heterocycles. The van der Waals surface area contributed by atoms with E-state index in [9.17, 15) is 9.90 Å². The van der Waals surface area contributed by atoms with Gasteiger partial charge in [0.1, 0.15) is 0 Å². The Hall–Kier alpha value is -1.55. The number of carbonyl (C=O) groups is 1. The summed E-state index contributed by atoms with van der Waals surface area (Å²) in [7, 11) is 1.82. The van der Waals surface area contributed by atoms with E-state index in [1.165, 1.54) is 11.1 Å². The standard InChI is InChI=1S/C18H26N2O2/c1-13-7-8-16(15-6-4-3-5-14(13)15)19-17(22)20(2)11-18(12-21)9-10-18/h3-6,13,16,21H,7-12H2,1-2H3,(H,19,22)/t13-,16+/m1/s1. The summed E-state index contributed by atoms with van der Waals surface area (Å²) in [5, 5.41) is 12.6. The Labute approximate surface area is 132 Å². The molecule has 1 aromatic carbocycles. The molecule has 2 amide bonds. The van der Waals surface area contributed by atoms with Crippen molar-refractivity contribution in [2.45, 2.75) is 44.6 Å². The molecular formula is C18H26N2O2. The van der Waals surface area contributed by atoms with Crippen LogP contribution in [0.2, 0.25) is 0 Å². The van der Waals surface area contributed by atoms with E-state index in [4.69, 9.17) is 0 Å². The van der Waals surface area contributed by atoms with Crippen LogP contribution in [0.5, 0.6) is 0 Å². The molecule has 0 aromatic heterocycles. The van der Waals surface area contributed by atoms with Gasteiger partial charge in [-0.2, -0.15) is 0 Å². The number of rotatable bonds is 4. The molecule has 2 N–H and O–H groups in total. The Bertz CT molecular complexity index is 554. The van der Waals surface area contributed by atoms with Gasteiger partial charge in [-0.3, -0.25) is 0 Å². The predicted molar refractivity (Wildman–Crippen MR) is 86.7 cm³/mol. The Morgan fingerprint density at radius 2 is 2.00 bits per heavy atom. The molecule has 22 heavy (non-hydrogen) atoms. The molecule has 0 heterocycles. The lowest BCUT2D eigenvalue weighted by molar-refractivity contribution is 0.159. The maximum atomic E-state index is 12.5. The molecule has 2 aliphatic carbocycles. The van der Waals surface area contributed by atoms with Gasteiger partial charge in [0.2, 0.25) is 0 Å². The highest BCUT2D eigenvalue weighted by atomic mass is 16.3. The van der Waals surface area contributed by atoms with Gasteiger partial charge in [0, 0.05) is 19.0 Å². The molecule has 4 heteroatoms. The number of hydrogen-bond donors (Lipinski definition) is 2. The van der Waals surface area contributed by atoms with Crippen LogP contribution in [0.3, 0.4) is 0 Å². The average Bonchev–Trinajstić information content (AvgIpc) is 3.30. The summed E-state index contributed by atoms with van der Waals surface area (Å²) in [6.45, 7) is 3.07. The van der Waals surface area contributed by atoms with Crippen LogP contribution in [0.15, 0.2) is 24.3 Å². The molecule has 0 unspecified atom stereocenters. The second kappa shape index (κ2) is 5.92. The third-order valence-electron chi connectivity index (χ3n) is 5.30. The van der Waals surface area contributed by atoms with Crippen LogP contribution in [0, 0.1) is 5.41 Å². The summed E-state index contributed by atoms with van der Waals surface area (Å²) in [4.78, 5) is 14.2. The van der Waals surface area contributed by atoms with Crippen LogP contribution >= 0.6 is 0 Å². The Morgan fingerprint density at radius 3 is 2.64 bits per heavy atom. The van der Waals surface area contributed by atoms with Gasteiger partial charge < -0.3 is 15.3 Å².